The lowest BCUT2D eigenvalue weighted by molar-refractivity contribution is 0.542. The van der Waals surface area contributed by atoms with Crippen LogP contribution in [0.25, 0.3) is 10.8 Å². The lowest BCUT2D eigenvalue weighted by atomic mass is 10.4. The normalized spacial score (nSPS) is 14.2. The summed E-state index contributed by atoms with van der Waals surface area (Å²) in [6.07, 6.45) is 4.33. The lowest BCUT2D eigenvalue weighted by Crippen LogP contribution is -2.02. The van der Waals surface area contributed by atoms with Gasteiger partial charge in [-0.3, -0.25) is 0 Å². The van der Waals surface area contributed by atoms with E-state index in [9.17, 15) is 0 Å². The third-order valence-corrected chi connectivity index (χ3v) is 5.80. The van der Waals surface area contributed by atoms with Gasteiger partial charge in [-0.05, 0) is 31.2 Å². The number of hydrogen-bond donors (Lipinski definition) is 0. The summed E-state index contributed by atoms with van der Waals surface area (Å²) in [7, 11) is 0. The highest BCUT2D eigenvalue weighted by molar-refractivity contribution is 7.98. The van der Waals surface area contributed by atoms with E-state index in [4.69, 9.17) is 4.42 Å². The van der Waals surface area contributed by atoms with Crippen LogP contribution >= 0.6 is 23.1 Å². The van der Waals surface area contributed by atoms with Gasteiger partial charge in [0.25, 0.3) is 0 Å². The molecule has 124 valence electrons. The van der Waals surface area contributed by atoms with Crippen molar-refractivity contribution in [3.8, 4) is 10.8 Å². The maximum absolute atomic E-state index is 5.81. The van der Waals surface area contributed by atoms with E-state index in [1.54, 1.807) is 23.1 Å². The summed E-state index contributed by atoms with van der Waals surface area (Å²) in [5.41, 5.74) is 0.963. The number of hydrogen-bond acceptors (Lipinski definition) is 6. The first kappa shape index (κ1) is 15.7. The maximum atomic E-state index is 5.81. The predicted octanol–water partition coefficient (Wildman–Crippen LogP) is 4.66. The molecule has 0 spiro atoms. The fraction of sp³-hybridized carbons (Fsp3) is 0.353. The minimum absolute atomic E-state index is 0.575. The van der Waals surface area contributed by atoms with Crippen molar-refractivity contribution in [2.75, 3.05) is 0 Å². The minimum atomic E-state index is 0.575. The molecular formula is C17H18N4OS2. The number of allylic oxidation sites excluding steroid dienone is 1. The molecule has 1 fully saturated rings. The highest BCUT2D eigenvalue weighted by Crippen LogP contribution is 2.40. The Morgan fingerprint density at radius 1 is 1.46 bits per heavy atom. The first-order chi connectivity index (χ1) is 11.8. The second kappa shape index (κ2) is 6.57. The Bertz CT molecular complexity index is 846. The number of aryl methyl sites for hydroxylation is 1. The monoisotopic (exact) mass is 358 g/mol. The first-order valence-corrected chi connectivity index (χ1v) is 9.79. The van der Waals surface area contributed by atoms with Gasteiger partial charge in [0.2, 0.25) is 5.89 Å². The molecule has 0 atom stereocenters. The van der Waals surface area contributed by atoms with E-state index in [0.29, 0.717) is 11.8 Å². The van der Waals surface area contributed by atoms with Crippen molar-refractivity contribution < 1.29 is 4.42 Å². The van der Waals surface area contributed by atoms with Crippen molar-refractivity contribution in [3.05, 3.63) is 47.4 Å². The Morgan fingerprint density at radius 3 is 3.04 bits per heavy atom. The SMILES string of the molecule is C=CCn1c(SCc2nc(-c3cccs3)oc2C)nnc1C1CC1. The molecule has 0 aliphatic heterocycles. The third-order valence-electron chi connectivity index (χ3n) is 3.96. The van der Waals surface area contributed by atoms with Crippen molar-refractivity contribution in [1.82, 2.24) is 19.7 Å². The average Bonchev–Trinajstić information content (AvgIpc) is 2.99. The molecule has 0 unspecified atom stereocenters. The zero-order chi connectivity index (χ0) is 16.5. The summed E-state index contributed by atoms with van der Waals surface area (Å²) in [5, 5.41) is 11.7. The smallest absolute Gasteiger partial charge is 0.236 e. The summed E-state index contributed by atoms with van der Waals surface area (Å²) in [6.45, 7) is 6.56. The Balaban J connectivity index is 1.52. The van der Waals surface area contributed by atoms with Crippen molar-refractivity contribution >= 4 is 23.1 Å². The van der Waals surface area contributed by atoms with E-state index >= 15 is 0 Å². The number of thioether (sulfide) groups is 1. The van der Waals surface area contributed by atoms with Gasteiger partial charge in [-0.15, -0.1) is 28.1 Å². The van der Waals surface area contributed by atoms with Gasteiger partial charge < -0.3 is 8.98 Å². The van der Waals surface area contributed by atoms with Crippen LogP contribution in [0.4, 0.5) is 0 Å². The van der Waals surface area contributed by atoms with Gasteiger partial charge in [0.15, 0.2) is 5.16 Å². The Morgan fingerprint density at radius 2 is 2.33 bits per heavy atom. The van der Waals surface area contributed by atoms with Crippen molar-refractivity contribution in [2.45, 2.75) is 43.1 Å². The number of rotatable bonds is 7. The van der Waals surface area contributed by atoms with Crippen molar-refractivity contribution in [3.63, 3.8) is 0 Å². The molecule has 0 amide bonds. The Hall–Kier alpha value is -1.86. The molecule has 0 bridgehead atoms. The summed E-state index contributed by atoms with van der Waals surface area (Å²) in [5.74, 6) is 3.95. The molecule has 0 aromatic carbocycles. The second-order valence-corrected chi connectivity index (χ2v) is 7.69. The second-order valence-electron chi connectivity index (χ2n) is 5.80. The van der Waals surface area contributed by atoms with Crippen LogP contribution in [0.5, 0.6) is 0 Å². The molecular weight excluding hydrogens is 340 g/mol. The number of nitrogens with zero attached hydrogens (tertiary/aromatic N) is 4. The van der Waals surface area contributed by atoms with Crippen LogP contribution in [0.2, 0.25) is 0 Å². The average molecular weight is 358 g/mol. The van der Waals surface area contributed by atoms with Crippen molar-refractivity contribution in [1.29, 1.82) is 0 Å². The first-order valence-electron chi connectivity index (χ1n) is 7.93. The molecule has 1 aliphatic rings. The molecule has 5 nitrogen and oxygen atoms in total. The van der Waals surface area contributed by atoms with Gasteiger partial charge in [-0.2, -0.15) is 0 Å². The van der Waals surface area contributed by atoms with Gasteiger partial charge in [0.1, 0.15) is 11.6 Å². The van der Waals surface area contributed by atoms with E-state index < -0.39 is 0 Å². The van der Waals surface area contributed by atoms with Crippen LogP contribution in [0.3, 0.4) is 0 Å². The third kappa shape index (κ3) is 3.06. The summed E-state index contributed by atoms with van der Waals surface area (Å²) in [6, 6.07) is 4.03. The zero-order valence-electron chi connectivity index (χ0n) is 13.4. The van der Waals surface area contributed by atoms with Crippen LogP contribution in [0.15, 0.2) is 39.7 Å². The topological polar surface area (TPSA) is 56.7 Å². The van der Waals surface area contributed by atoms with E-state index in [2.05, 4.69) is 26.3 Å². The van der Waals surface area contributed by atoms with Crippen LogP contribution in [0, 0.1) is 6.92 Å². The molecule has 0 radical (unpaired) electrons. The molecule has 0 saturated heterocycles. The Labute approximate surface area is 148 Å². The number of oxazole rings is 1. The van der Waals surface area contributed by atoms with E-state index in [1.165, 1.54) is 12.8 Å². The molecule has 0 N–H and O–H groups in total. The molecule has 3 aromatic rings. The maximum Gasteiger partial charge on any atom is 0.236 e. The summed E-state index contributed by atoms with van der Waals surface area (Å²) >= 11 is 3.29. The fourth-order valence-corrected chi connectivity index (χ4v) is 4.16. The lowest BCUT2D eigenvalue weighted by Gasteiger charge is -2.06. The quantitative estimate of drug-likeness (QED) is 0.454. The highest BCUT2D eigenvalue weighted by Gasteiger charge is 2.30. The molecule has 1 aliphatic carbocycles. The molecule has 24 heavy (non-hydrogen) atoms. The van der Waals surface area contributed by atoms with E-state index in [0.717, 1.165) is 39.6 Å². The minimum Gasteiger partial charge on any atom is -0.440 e. The molecule has 1 saturated carbocycles. The van der Waals surface area contributed by atoms with Gasteiger partial charge in [0.05, 0.1) is 10.6 Å². The standard InChI is InChI=1S/C17H18N4OS2/c1-3-8-21-15(12-6-7-12)19-20-17(21)24-10-13-11(2)22-16(18-13)14-5-4-9-23-14/h3-5,9,12H,1,6-8,10H2,2H3. The number of thiophene rings is 1. The molecule has 4 rings (SSSR count). The van der Waals surface area contributed by atoms with Gasteiger partial charge in [0, 0.05) is 18.2 Å². The largest absolute Gasteiger partial charge is 0.440 e. The summed E-state index contributed by atoms with van der Waals surface area (Å²) in [4.78, 5) is 5.70. The number of aromatic nitrogens is 4. The highest BCUT2D eigenvalue weighted by atomic mass is 32.2. The summed E-state index contributed by atoms with van der Waals surface area (Å²) < 4.78 is 7.98. The van der Waals surface area contributed by atoms with Crippen LogP contribution in [0.1, 0.15) is 36.0 Å². The van der Waals surface area contributed by atoms with E-state index in [1.807, 2.05) is 30.5 Å². The van der Waals surface area contributed by atoms with Gasteiger partial charge in [-0.25, -0.2) is 4.98 Å². The molecule has 3 aromatic heterocycles. The van der Waals surface area contributed by atoms with Crippen LogP contribution in [-0.4, -0.2) is 19.7 Å². The van der Waals surface area contributed by atoms with Crippen LogP contribution < -0.4 is 0 Å². The zero-order valence-corrected chi connectivity index (χ0v) is 15.1. The van der Waals surface area contributed by atoms with E-state index in [-0.39, 0.29) is 0 Å². The van der Waals surface area contributed by atoms with Crippen LogP contribution in [-0.2, 0) is 12.3 Å². The Kier molecular flexibility index (Phi) is 4.28. The van der Waals surface area contributed by atoms with Crippen molar-refractivity contribution in [2.24, 2.45) is 0 Å². The predicted molar refractivity (Wildman–Crippen MR) is 96.3 cm³/mol. The molecule has 7 heteroatoms. The van der Waals surface area contributed by atoms with Gasteiger partial charge in [-0.1, -0.05) is 23.9 Å². The fourth-order valence-electron chi connectivity index (χ4n) is 2.55. The molecule has 3 heterocycles. The van der Waals surface area contributed by atoms with Gasteiger partial charge >= 0.3 is 0 Å².